The molecule has 0 saturated carbocycles. The molecule has 0 fully saturated rings. The number of hydrogen-bond acceptors (Lipinski definition) is 8. The summed E-state index contributed by atoms with van der Waals surface area (Å²) in [7, 11) is 0. The number of phenols is 1. The van der Waals surface area contributed by atoms with Crippen LogP contribution >= 0.6 is 0 Å². The molecular formula is C25H38N6O8. The zero-order valence-electron chi connectivity index (χ0n) is 22.0. The number of carboxylic acid groups (broad SMARTS) is 1. The van der Waals surface area contributed by atoms with Gasteiger partial charge in [-0.25, -0.2) is 4.79 Å². The van der Waals surface area contributed by atoms with Crippen LogP contribution in [0.3, 0.4) is 0 Å². The van der Waals surface area contributed by atoms with Crippen molar-refractivity contribution in [2.75, 3.05) is 0 Å². The molecule has 0 radical (unpaired) electrons. The number of hydrogen-bond donors (Lipinski definition) is 8. The van der Waals surface area contributed by atoms with Crippen LogP contribution in [-0.2, 0) is 35.2 Å². The van der Waals surface area contributed by atoms with Gasteiger partial charge in [0.1, 0.15) is 23.9 Å². The fourth-order valence-corrected chi connectivity index (χ4v) is 3.55. The Balaban J connectivity index is 3.17. The predicted molar refractivity (Wildman–Crippen MR) is 140 cm³/mol. The number of carboxylic acids is 1. The van der Waals surface area contributed by atoms with E-state index in [1.807, 2.05) is 0 Å². The summed E-state index contributed by atoms with van der Waals surface area (Å²) in [5.41, 5.74) is 16.6. The van der Waals surface area contributed by atoms with E-state index >= 15 is 0 Å². The number of carbonyl (C=O) groups is 6. The molecular weight excluding hydrogens is 512 g/mol. The Kier molecular flexibility index (Phi) is 13.4. The number of carbonyl (C=O) groups excluding carboxylic acids is 5. The van der Waals surface area contributed by atoms with E-state index < -0.39 is 65.6 Å². The van der Waals surface area contributed by atoms with Crippen molar-refractivity contribution in [1.82, 2.24) is 16.0 Å². The molecule has 1 aromatic rings. The molecule has 0 aliphatic rings. The molecule has 0 heterocycles. The van der Waals surface area contributed by atoms with Crippen LogP contribution < -0.4 is 33.2 Å². The summed E-state index contributed by atoms with van der Waals surface area (Å²) in [4.78, 5) is 72.8. The third kappa shape index (κ3) is 11.8. The lowest BCUT2D eigenvalue weighted by molar-refractivity contribution is -0.142. The maximum Gasteiger partial charge on any atom is 0.326 e. The molecule has 14 heteroatoms. The van der Waals surface area contributed by atoms with Crippen LogP contribution in [0.15, 0.2) is 24.3 Å². The normalized spacial score (nSPS) is 14.6. The summed E-state index contributed by atoms with van der Waals surface area (Å²) in [6, 6.07) is 0.868. The highest BCUT2D eigenvalue weighted by Crippen LogP contribution is 2.14. The van der Waals surface area contributed by atoms with Gasteiger partial charge in [-0.1, -0.05) is 32.4 Å². The van der Waals surface area contributed by atoms with Crippen molar-refractivity contribution < 1.29 is 39.0 Å². The fourth-order valence-electron chi connectivity index (χ4n) is 3.55. The van der Waals surface area contributed by atoms with E-state index in [9.17, 15) is 39.0 Å². The van der Waals surface area contributed by atoms with Crippen LogP contribution in [0.5, 0.6) is 5.75 Å². The van der Waals surface area contributed by atoms with Crippen LogP contribution in [0.2, 0.25) is 0 Å². The van der Waals surface area contributed by atoms with Gasteiger partial charge in [-0.2, -0.15) is 0 Å². The van der Waals surface area contributed by atoms with Gasteiger partial charge in [-0.3, -0.25) is 24.0 Å². The molecule has 216 valence electrons. The Morgan fingerprint density at radius 1 is 0.821 bits per heavy atom. The molecule has 5 amide bonds. The summed E-state index contributed by atoms with van der Waals surface area (Å²) >= 11 is 0. The van der Waals surface area contributed by atoms with Crippen molar-refractivity contribution in [3.8, 4) is 5.75 Å². The Morgan fingerprint density at radius 3 is 1.87 bits per heavy atom. The lowest BCUT2D eigenvalue weighted by atomic mass is 9.96. The van der Waals surface area contributed by atoms with Crippen molar-refractivity contribution >= 4 is 35.5 Å². The second-order valence-electron chi connectivity index (χ2n) is 9.32. The van der Waals surface area contributed by atoms with Gasteiger partial charge in [-0.15, -0.1) is 0 Å². The molecule has 0 aromatic heterocycles. The maximum atomic E-state index is 13.3. The summed E-state index contributed by atoms with van der Waals surface area (Å²) < 4.78 is 0. The van der Waals surface area contributed by atoms with Crippen molar-refractivity contribution in [3.63, 3.8) is 0 Å². The number of nitrogens with one attached hydrogen (secondary N) is 3. The number of aliphatic carboxylic acids is 1. The van der Waals surface area contributed by atoms with Crippen LogP contribution in [0.1, 0.15) is 51.5 Å². The largest absolute Gasteiger partial charge is 0.508 e. The Labute approximate surface area is 226 Å². The van der Waals surface area contributed by atoms with Gasteiger partial charge in [0.2, 0.25) is 29.5 Å². The second-order valence-corrected chi connectivity index (χ2v) is 9.32. The summed E-state index contributed by atoms with van der Waals surface area (Å²) in [6.45, 7) is 3.50. The first-order valence-electron chi connectivity index (χ1n) is 12.5. The molecule has 11 N–H and O–H groups in total. The van der Waals surface area contributed by atoms with E-state index in [1.54, 1.807) is 13.8 Å². The van der Waals surface area contributed by atoms with E-state index in [2.05, 4.69) is 16.0 Å². The van der Waals surface area contributed by atoms with E-state index in [4.69, 9.17) is 17.2 Å². The van der Waals surface area contributed by atoms with E-state index in [0.717, 1.165) is 0 Å². The van der Waals surface area contributed by atoms with Crippen LogP contribution in [-0.4, -0.2) is 69.9 Å². The molecule has 5 unspecified atom stereocenters. The molecule has 1 rings (SSSR count). The van der Waals surface area contributed by atoms with E-state index in [0.29, 0.717) is 12.0 Å². The van der Waals surface area contributed by atoms with Crippen LogP contribution in [0.25, 0.3) is 0 Å². The van der Waals surface area contributed by atoms with Crippen molar-refractivity contribution in [1.29, 1.82) is 0 Å². The standard InChI is InChI=1S/C25H38N6O8/c1-3-13(2)21(31-22(35)16(26)8-10-19(27)33)24(37)30-18(12-14-4-6-15(32)7-5-14)23(36)29-17(25(38)39)9-11-20(28)34/h4-7,13,16-18,21,32H,3,8-12,26H2,1-2H3,(H2,27,33)(H2,28,34)(H,29,36)(H,30,37)(H,31,35)(H,38,39). The molecule has 0 saturated heterocycles. The number of aromatic hydroxyl groups is 1. The van der Waals surface area contributed by atoms with E-state index in [-0.39, 0.29) is 37.9 Å². The molecule has 0 spiro atoms. The second kappa shape index (κ2) is 15.9. The Hall–Kier alpha value is -4.20. The average molecular weight is 551 g/mol. The Morgan fingerprint density at radius 2 is 1.36 bits per heavy atom. The van der Waals surface area contributed by atoms with Gasteiger partial charge in [0.15, 0.2) is 0 Å². The van der Waals surface area contributed by atoms with E-state index in [1.165, 1.54) is 24.3 Å². The minimum absolute atomic E-state index is 0.0200. The quantitative estimate of drug-likeness (QED) is 0.111. The Bertz CT molecular complexity index is 1030. The van der Waals surface area contributed by atoms with Gasteiger partial charge < -0.3 is 43.4 Å². The molecule has 5 atom stereocenters. The molecule has 39 heavy (non-hydrogen) atoms. The van der Waals surface area contributed by atoms with Gasteiger partial charge in [0.05, 0.1) is 6.04 Å². The average Bonchev–Trinajstić information content (AvgIpc) is 2.87. The topological polar surface area (TPSA) is 257 Å². The van der Waals surface area contributed by atoms with Crippen molar-refractivity contribution in [2.45, 2.75) is 76.5 Å². The fraction of sp³-hybridized carbons (Fsp3) is 0.520. The number of nitrogens with two attached hydrogens (primary N) is 3. The smallest absolute Gasteiger partial charge is 0.326 e. The molecule has 0 bridgehead atoms. The number of rotatable bonds is 17. The third-order valence-corrected chi connectivity index (χ3v) is 6.13. The minimum atomic E-state index is -1.45. The van der Waals surface area contributed by atoms with Gasteiger partial charge >= 0.3 is 5.97 Å². The van der Waals surface area contributed by atoms with Gasteiger partial charge in [-0.05, 0) is 36.5 Å². The number of phenolic OH excluding ortho intramolecular Hbond substituents is 1. The van der Waals surface area contributed by atoms with Gasteiger partial charge in [0.25, 0.3) is 0 Å². The molecule has 1 aromatic carbocycles. The molecule has 0 aliphatic heterocycles. The minimum Gasteiger partial charge on any atom is -0.508 e. The highest BCUT2D eigenvalue weighted by molar-refractivity contribution is 5.94. The maximum absolute atomic E-state index is 13.3. The first-order valence-corrected chi connectivity index (χ1v) is 12.5. The highest BCUT2D eigenvalue weighted by Gasteiger charge is 2.32. The van der Waals surface area contributed by atoms with Crippen LogP contribution in [0.4, 0.5) is 0 Å². The number of benzene rings is 1. The van der Waals surface area contributed by atoms with Crippen molar-refractivity contribution in [2.24, 2.45) is 23.1 Å². The number of amides is 5. The first kappa shape index (κ1) is 32.8. The SMILES string of the molecule is CCC(C)C(NC(=O)C(N)CCC(N)=O)C(=O)NC(Cc1ccc(O)cc1)C(=O)NC(CCC(N)=O)C(=O)O. The van der Waals surface area contributed by atoms with Crippen molar-refractivity contribution in [3.05, 3.63) is 29.8 Å². The zero-order valence-corrected chi connectivity index (χ0v) is 22.0. The summed E-state index contributed by atoms with van der Waals surface area (Å²) in [5.74, 6) is -5.44. The zero-order chi connectivity index (χ0) is 29.7. The lowest BCUT2D eigenvalue weighted by Crippen LogP contribution is -2.59. The predicted octanol–water partition coefficient (Wildman–Crippen LogP) is -1.62. The number of primary amides is 2. The van der Waals surface area contributed by atoms with Crippen LogP contribution in [0, 0.1) is 5.92 Å². The molecule has 0 aliphatic carbocycles. The third-order valence-electron chi connectivity index (χ3n) is 6.13. The summed E-state index contributed by atoms with van der Waals surface area (Å²) in [5, 5.41) is 26.5. The monoisotopic (exact) mass is 550 g/mol. The first-order chi connectivity index (χ1) is 18.2. The summed E-state index contributed by atoms with van der Waals surface area (Å²) in [6.07, 6.45) is -0.305. The highest BCUT2D eigenvalue weighted by atomic mass is 16.4. The lowest BCUT2D eigenvalue weighted by Gasteiger charge is -2.28. The molecule has 14 nitrogen and oxygen atoms in total. The van der Waals surface area contributed by atoms with Gasteiger partial charge in [0, 0.05) is 19.3 Å².